The van der Waals surface area contributed by atoms with Crippen molar-refractivity contribution >= 4 is 34.6 Å². The van der Waals surface area contributed by atoms with Gasteiger partial charge in [0.1, 0.15) is 24.2 Å². The number of nitrogens with two attached hydrogens (primary N) is 1. The first-order chi connectivity index (χ1) is 16.1. The fourth-order valence-corrected chi connectivity index (χ4v) is 3.33. The number of aliphatic hydroxyl groups excluding tert-OH is 2. The second-order valence-electron chi connectivity index (χ2n) is 8.23. The maximum Gasteiger partial charge on any atom is 0.328 e. The lowest BCUT2D eigenvalue weighted by Crippen LogP contribution is -2.59. The molecule has 12 heteroatoms. The molecular weight excluding hydrogens is 446 g/mol. The number of aromatic amines is 1. The smallest absolute Gasteiger partial charge is 0.328 e. The largest absolute Gasteiger partial charge is 0.480 e. The maximum atomic E-state index is 13.2. The molecule has 2 rings (SSSR count). The molecule has 3 amide bonds. The van der Waals surface area contributed by atoms with E-state index in [4.69, 9.17) is 10.8 Å². The van der Waals surface area contributed by atoms with Crippen molar-refractivity contribution in [3.05, 3.63) is 36.0 Å². The van der Waals surface area contributed by atoms with E-state index < -0.39 is 67.0 Å². The van der Waals surface area contributed by atoms with E-state index in [9.17, 15) is 29.4 Å². The van der Waals surface area contributed by atoms with Crippen molar-refractivity contribution in [2.24, 2.45) is 11.7 Å². The number of rotatable bonds is 12. The molecule has 0 radical (unpaired) electrons. The molecule has 1 aromatic carbocycles. The average Bonchev–Trinajstić information content (AvgIpc) is 3.21. The van der Waals surface area contributed by atoms with Crippen molar-refractivity contribution in [3.8, 4) is 0 Å². The summed E-state index contributed by atoms with van der Waals surface area (Å²) in [6, 6.07) is 2.31. The van der Waals surface area contributed by atoms with Gasteiger partial charge in [0.05, 0.1) is 13.2 Å². The number of carbonyl (C=O) groups is 4. The molecule has 4 atom stereocenters. The van der Waals surface area contributed by atoms with Crippen LogP contribution in [0.25, 0.3) is 10.9 Å². The number of hydrogen-bond donors (Lipinski definition) is 8. The van der Waals surface area contributed by atoms with Crippen LogP contribution in [-0.2, 0) is 25.6 Å². The van der Waals surface area contributed by atoms with E-state index >= 15 is 0 Å². The molecule has 9 N–H and O–H groups in total. The SMILES string of the molecule is CC(C)C(NC(=O)C(Cc1c[nH]c2ccccc12)NC(=O)C(N)CO)C(=O)NC(CO)C(=O)O. The summed E-state index contributed by atoms with van der Waals surface area (Å²) in [4.78, 5) is 52.4. The van der Waals surface area contributed by atoms with Gasteiger partial charge in [0.15, 0.2) is 0 Å². The minimum absolute atomic E-state index is 0.0561. The van der Waals surface area contributed by atoms with Crippen LogP contribution < -0.4 is 21.7 Å². The zero-order chi connectivity index (χ0) is 25.4. The molecule has 0 aliphatic rings. The first kappa shape index (κ1) is 26.8. The van der Waals surface area contributed by atoms with Crippen LogP contribution in [-0.4, -0.2) is 81.4 Å². The molecule has 0 fully saturated rings. The Hall–Kier alpha value is -3.48. The zero-order valence-corrected chi connectivity index (χ0v) is 18.9. The Bertz CT molecular complexity index is 1020. The van der Waals surface area contributed by atoms with Crippen molar-refractivity contribution in [2.45, 2.75) is 44.4 Å². The van der Waals surface area contributed by atoms with E-state index in [1.165, 1.54) is 0 Å². The quantitative estimate of drug-likeness (QED) is 0.175. The number of fused-ring (bicyclic) bond motifs is 1. The Kier molecular flexibility index (Phi) is 9.54. The summed E-state index contributed by atoms with van der Waals surface area (Å²) in [6.07, 6.45) is 1.76. The predicted octanol–water partition coefficient (Wildman–Crippen LogP) is -1.78. The molecule has 4 unspecified atom stereocenters. The molecule has 34 heavy (non-hydrogen) atoms. The van der Waals surface area contributed by atoms with Crippen LogP contribution in [0.1, 0.15) is 19.4 Å². The molecule has 186 valence electrons. The van der Waals surface area contributed by atoms with Gasteiger partial charge in [0, 0.05) is 23.5 Å². The normalized spacial score (nSPS) is 14.8. The Labute approximate surface area is 195 Å². The van der Waals surface area contributed by atoms with Gasteiger partial charge in [0.2, 0.25) is 17.7 Å². The van der Waals surface area contributed by atoms with Crippen molar-refractivity contribution < 1.29 is 34.5 Å². The Balaban J connectivity index is 2.26. The first-order valence-electron chi connectivity index (χ1n) is 10.7. The molecule has 1 heterocycles. The van der Waals surface area contributed by atoms with E-state index in [2.05, 4.69) is 20.9 Å². The van der Waals surface area contributed by atoms with E-state index in [0.717, 1.165) is 16.5 Å². The molecule has 0 saturated carbocycles. The molecular formula is C22H31N5O7. The highest BCUT2D eigenvalue weighted by Gasteiger charge is 2.32. The number of hydrogen-bond acceptors (Lipinski definition) is 7. The predicted molar refractivity (Wildman–Crippen MR) is 122 cm³/mol. The second-order valence-corrected chi connectivity index (χ2v) is 8.23. The summed E-state index contributed by atoms with van der Waals surface area (Å²) >= 11 is 0. The topological polar surface area (TPSA) is 207 Å². The van der Waals surface area contributed by atoms with Gasteiger partial charge in [-0.1, -0.05) is 32.0 Å². The number of benzene rings is 1. The number of carboxylic acid groups (broad SMARTS) is 1. The Morgan fingerprint density at radius 1 is 0.941 bits per heavy atom. The van der Waals surface area contributed by atoms with Gasteiger partial charge in [0.25, 0.3) is 0 Å². The number of nitrogens with one attached hydrogen (secondary N) is 4. The minimum atomic E-state index is -1.53. The lowest BCUT2D eigenvalue weighted by atomic mass is 10.00. The zero-order valence-electron chi connectivity index (χ0n) is 18.9. The summed E-state index contributed by atoms with van der Waals surface area (Å²) < 4.78 is 0. The van der Waals surface area contributed by atoms with Crippen LogP contribution in [0.3, 0.4) is 0 Å². The minimum Gasteiger partial charge on any atom is -0.480 e. The molecule has 2 aromatic rings. The van der Waals surface area contributed by atoms with Crippen LogP contribution in [0.5, 0.6) is 0 Å². The van der Waals surface area contributed by atoms with Gasteiger partial charge in [-0.3, -0.25) is 14.4 Å². The highest BCUT2D eigenvalue weighted by atomic mass is 16.4. The fourth-order valence-electron chi connectivity index (χ4n) is 3.33. The molecule has 0 bridgehead atoms. The van der Waals surface area contributed by atoms with E-state index in [1.54, 1.807) is 20.0 Å². The van der Waals surface area contributed by atoms with Gasteiger partial charge in [-0.15, -0.1) is 0 Å². The van der Waals surface area contributed by atoms with Crippen LogP contribution in [0.15, 0.2) is 30.5 Å². The van der Waals surface area contributed by atoms with Gasteiger partial charge in [-0.25, -0.2) is 4.79 Å². The third kappa shape index (κ3) is 6.76. The van der Waals surface area contributed by atoms with Crippen LogP contribution in [0.4, 0.5) is 0 Å². The molecule has 1 aromatic heterocycles. The monoisotopic (exact) mass is 477 g/mol. The summed E-state index contributed by atoms with van der Waals surface area (Å²) in [5.74, 6) is -4.12. The highest BCUT2D eigenvalue weighted by molar-refractivity contribution is 5.95. The summed E-state index contributed by atoms with van der Waals surface area (Å²) in [5.41, 5.74) is 7.14. The summed E-state index contributed by atoms with van der Waals surface area (Å²) in [6.45, 7) is 1.85. The van der Waals surface area contributed by atoms with Gasteiger partial charge in [-0.05, 0) is 17.5 Å². The second kappa shape index (κ2) is 12.1. The van der Waals surface area contributed by atoms with Crippen LogP contribution >= 0.6 is 0 Å². The Morgan fingerprint density at radius 3 is 2.18 bits per heavy atom. The van der Waals surface area contributed by atoms with Crippen LogP contribution in [0.2, 0.25) is 0 Å². The number of carbonyl (C=O) groups excluding carboxylic acids is 3. The van der Waals surface area contributed by atoms with Crippen molar-refractivity contribution in [3.63, 3.8) is 0 Å². The number of aromatic nitrogens is 1. The van der Waals surface area contributed by atoms with E-state index in [1.807, 2.05) is 24.3 Å². The molecule has 0 saturated heterocycles. The molecule has 0 aliphatic heterocycles. The number of H-pyrrole nitrogens is 1. The van der Waals surface area contributed by atoms with E-state index in [-0.39, 0.29) is 6.42 Å². The van der Waals surface area contributed by atoms with Crippen LogP contribution in [0, 0.1) is 5.92 Å². The molecule has 12 nitrogen and oxygen atoms in total. The van der Waals surface area contributed by atoms with Gasteiger partial charge >= 0.3 is 5.97 Å². The van der Waals surface area contributed by atoms with Gasteiger partial charge in [-0.2, -0.15) is 0 Å². The standard InChI is InChI=1S/C22H31N5O7/c1-11(2)18(21(32)26-17(10-29)22(33)34)27-20(31)16(25-19(30)14(23)9-28)7-12-8-24-15-6-4-3-5-13(12)15/h3-6,8,11,14,16-18,24,28-29H,7,9-10,23H2,1-2H3,(H,25,30)(H,26,32)(H,27,31)(H,33,34). The number of amides is 3. The first-order valence-corrected chi connectivity index (χ1v) is 10.7. The summed E-state index contributed by atoms with van der Waals surface area (Å²) in [5, 5.41) is 35.5. The fraction of sp³-hybridized carbons (Fsp3) is 0.455. The van der Waals surface area contributed by atoms with Crippen molar-refractivity contribution in [1.82, 2.24) is 20.9 Å². The third-order valence-corrected chi connectivity index (χ3v) is 5.31. The Morgan fingerprint density at radius 2 is 1.59 bits per heavy atom. The van der Waals surface area contributed by atoms with E-state index in [0.29, 0.717) is 0 Å². The third-order valence-electron chi connectivity index (χ3n) is 5.31. The van der Waals surface area contributed by atoms with Crippen molar-refractivity contribution in [1.29, 1.82) is 0 Å². The molecule has 0 aliphatic carbocycles. The molecule has 0 spiro atoms. The number of carboxylic acids is 1. The highest BCUT2D eigenvalue weighted by Crippen LogP contribution is 2.19. The maximum absolute atomic E-state index is 13.2. The lowest BCUT2D eigenvalue weighted by molar-refractivity contribution is -0.143. The lowest BCUT2D eigenvalue weighted by Gasteiger charge is -2.26. The average molecular weight is 478 g/mol. The van der Waals surface area contributed by atoms with Gasteiger partial charge < -0.3 is 42.0 Å². The number of para-hydroxylation sites is 1. The van der Waals surface area contributed by atoms with Crippen molar-refractivity contribution in [2.75, 3.05) is 13.2 Å². The summed E-state index contributed by atoms with van der Waals surface area (Å²) in [7, 11) is 0. The number of aliphatic carboxylic acids is 1. The number of aliphatic hydroxyl groups is 2.